The van der Waals surface area contributed by atoms with E-state index in [2.05, 4.69) is 26.3 Å². The van der Waals surface area contributed by atoms with Crippen LogP contribution >= 0.6 is 27.5 Å². The van der Waals surface area contributed by atoms with Gasteiger partial charge in [-0.05, 0) is 68.7 Å². The quantitative estimate of drug-likeness (QED) is 0.784. The van der Waals surface area contributed by atoms with Crippen LogP contribution in [0.25, 0.3) is 0 Å². The number of nitrogens with zero attached hydrogens (tertiary/aromatic N) is 2. The molecule has 0 saturated carbocycles. The van der Waals surface area contributed by atoms with Crippen LogP contribution in [0.3, 0.4) is 0 Å². The topological polar surface area (TPSA) is 56.1 Å². The first-order valence-corrected chi connectivity index (χ1v) is 8.75. The summed E-state index contributed by atoms with van der Waals surface area (Å²) < 4.78 is 8.22. The minimum atomic E-state index is -0.675. The standard InChI is InChI=1S/C17H21BrClN3O2/c1-10-8-15(22(21-10)17(3,4)5)20-16(23)11(2)24-14-7-6-12(19)9-13(14)18/h6-9,11H,1-5H3,(H,20,23). The number of aryl methyl sites for hydroxylation is 1. The molecular weight excluding hydrogens is 394 g/mol. The van der Waals surface area contributed by atoms with Crippen LogP contribution < -0.4 is 10.1 Å². The molecule has 0 fully saturated rings. The molecule has 24 heavy (non-hydrogen) atoms. The maximum atomic E-state index is 12.5. The molecule has 2 aromatic rings. The lowest BCUT2D eigenvalue weighted by atomic mass is 10.1. The van der Waals surface area contributed by atoms with E-state index in [1.165, 1.54) is 0 Å². The van der Waals surface area contributed by atoms with Crippen LogP contribution in [0, 0.1) is 6.92 Å². The van der Waals surface area contributed by atoms with Crippen LogP contribution in [-0.2, 0) is 10.3 Å². The van der Waals surface area contributed by atoms with Crippen LogP contribution in [0.15, 0.2) is 28.7 Å². The van der Waals surface area contributed by atoms with Crippen molar-refractivity contribution in [3.05, 3.63) is 39.5 Å². The van der Waals surface area contributed by atoms with Gasteiger partial charge in [0.05, 0.1) is 15.7 Å². The molecule has 0 saturated heterocycles. The molecule has 0 radical (unpaired) electrons. The van der Waals surface area contributed by atoms with E-state index >= 15 is 0 Å². The third-order valence-electron chi connectivity index (χ3n) is 3.29. The Hall–Kier alpha value is -1.53. The number of amides is 1. The van der Waals surface area contributed by atoms with Gasteiger partial charge in [0.2, 0.25) is 0 Å². The number of benzene rings is 1. The Morgan fingerprint density at radius 2 is 2.04 bits per heavy atom. The predicted octanol–water partition coefficient (Wildman–Crippen LogP) is 4.77. The highest BCUT2D eigenvalue weighted by Crippen LogP contribution is 2.29. The molecule has 1 atom stereocenters. The van der Waals surface area contributed by atoms with E-state index < -0.39 is 6.10 Å². The molecule has 1 N–H and O–H groups in total. The van der Waals surface area contributed by atoms with Crippen molar-refractivity contribution in [3.63, 3.8) is 0 Å². The molecule has 0 bridgehead atoms. The molecule has 0 aliphatic heterocycles. The zero-order valence-corrected chi connectivity index (χ0v) is 16.7. The first-order chi connectivity index (χ1) is 11.1. The summed E-state index contributed by atoms with van der Waals surface area (Å²) in [6.07, 6.45) is -0.675. The smallest absolute Gasteiger partial charge is 0.266 e. The Bertz CT molecular complexity index is 753. The lowest BCUT2D eigenvalue weighted by Gasteiger charge is -2.23. The first-order valence-electron chi connectivity index (χ1n) is 7.57. The number of halogens is 2. The van der Waals surface area contributed by atoms with Gasteiger partial charge in [-0.2, -0.15) is 5.10 Å². The Labute approximate surface area is 155 Å². The largest absolute Gasteiger partial charge is 0.480 e. The third-order valence-corrected chi connectivity index (χ3v) is 4.14. The molecule has 1 heterocycles. The van der Waals surface area contributed by atoms with Crippen molar-refractivity contribution >= 4 is 39.3 Å². The number of rotatable bonds is 4. The number of carbonyl (C=O) groups is 1. The Kier molecular flexibility index (Phi) is 5.60. The lowest BCUT2D eigenvalue weighted by Crippen LogP contribution is -2.33. The summed E-state index contributed by atoms with van der Waals surface area (Å²) in [5, 5.41) is 7.92. The molecule has 1 unspecified atom stereocenters. The number of anilines is 1. The van der Waals surface area contributed by atoms with Crippen molar-refractivity contribution in [1.29, 1.82) is 0 Å². The van der Waals surface area contributed by atoms with Crippen molar-refractivity contribution in [2.24, 2.45) is 0 Å². The van der Waals surface area contributed by atoms with Gasteiger partial charge < -0.3 is 10.1 Å². The van der Waals surface area contributed by atoms with Crippen molar-refractivity contribution in [3.8, 4) is 5.75 Å². The SMILES string of the molecule is Cc1cc(NC(=O)C(C)Oc2ccc(Cl)cc2Br)n(C(C)(C)C)n1. The molecule has 1 aromatic heterocycles. The molecule has 0 spiro atoms. The van der Waals surface area contributed by atoms with Crippen LogP contribution in [0.2, 0.25) is 5.02 Å². The fraction of sp³-hybridized carbons (Fsp3) is 0.412. The summed E-state index contributed by atoms with van der Waals surface area (Å²) in [7, 11) is 0. The number of carbonyl (C=O) groups excluding carboxylic acids is 1. The van der Waals surface area contributed by atoms with Crippen LogP contribution in [0.1, 0.15) is 33.4 Å². The highest BCUT2D eigenvalue weighted by atomic mass is 79.9. The summed E-state index contributed by atoms with van der Waals surface area (Å²) in [6, 6.07) is 7.00. The molecule has 2 rings (SSSR count). The first kappa shape index (κ1) is 18.8. The van der Waals surface area contributed by atoms with Crippen LogP contribution in [0.4, 0.5) is 5.82 Å². The van der Waals surface area contributed by atoms with Gasteiger partial charge in [-0.15, -0.1) is 0 Å². The molecule has 130 valence electrons. The number of aromatic nitrogens is 2. The summed E-state index contributed by atoms with van der Waals surface area (Å²) in [4.78, 5) is 12.5. The van der Waals surface area contributed by atoms with Crippen LogP contribution in [0.5, 0.6) is 5.75 Å². The van der Waals surface area contributed by atoms with Crippen molar-refractivity contribution < 1.29 is 9.53 Å². The molecular formula is C17H21BrClN3O2. The van der Waals surface area contributed by atoms with Crippen molar-refractivity contribution in [1.82, 2.24) is 9.78 Å². The van der Waals surface area contributed by atoms with Gasteiger partial charge in [-0.1, -0.05) is 11.6 Å². The second-order valence-corrected chi connectivity index (χ2v) is 7.87. The molecule has 1 aromatic carbocycles. The second-order valence-electron chi connectivity index (χ2n) is 6.58. The van der Waals surface area contributed by atoms with E-state index in [0.29, 0.717) is 21.1 Å². The highest BCUT2D eigenvalue weighted by Gasteiger charge is 2.23. The Balaban J connectivity index is 2.12. The van der Waals surface area contributed by atoms with Crippen LogP contribution in [-0.4, -0.2) is 21.8 Å². The maximum Gasteiger partial charge on any atom is 0.266 e. The van der Waals surface area contributed by atoms with E-state index in [1.807, 2.05) is 33.8 Å². The number of ether oxygens (including phenoxy) is 1. The van der Waals surface area contributed by atoms with Gasteiger partial charge in [0.1, 0.15) is 11.6 Å². The predicted molar refractivity (Wildman–Crippen MR) is 99.8 cm³/mol. The third kappa shape index (κ3) is 4.51. The second kappa shape index (κ2) is 7.15. The van der Waals surface area contributed by atoms with Gasteiger partial charge in [0, 0.05) is 11.1 Å². The van der Waals surface area contributed by atoms with Gasteiger partial charge in [0.15, 0.2) is 6.10 Å². The molecule has 1 amide bonds. The van der Waals surface area contributed by atoms with Crippen molar-refractivity contribution in [2.45, 2.75) is 46.3 Å². The highest BCUT2D eigenvalue weighted by molar-refractivity contribution is 9.10. The van der Waals surface area contributed by atoms with E-state index in [9.17, 15) is 4.79 Å². The summed E-state index contributed by atoms with van der Waals surface area (Å²) in [5.41, 5.74) is 0.606. The minimum absolute atomic E-state index is 0.236. The summed E-state index contributed by atoms with van der Waals surface area (Å²) >= 11 is 9.29. The zero-order valence-electron chi connectivity index (χ0n) is 14.4. The summed E-state index contributed by atoms with van der Waals surface area (Å²) in [6.45, 7) is 9.67. The van der Waals surface area contributed by atoms with Gasteiger partial charge in [0.25, 0.3) is 5.91 Å². The van der Waals surface area contributed by atoms with Gasteiger partial charge >= 0.3 is 0 Å². The fourth-order valence-corrected chi connectivity index (χ4v) is 2.92. The number of nitrogens with one attached hydrogen (secondary N) is 1. The fourth-order valence-electron chi connectivity index (χ4n) is 2.14. The Morgan fingerprint density at radius 3 is 2.62 bits per heavy atom. The van der Waals surface area contributed by atoms with E-state index in [1.54, 1.807) is 29.8 Å². The zero-order chi connectivity index (χ0) is 18.1. The summed E-state index contributed by atoms with van der Waals surface area (Å²) in [5.74, 6) is 0.959. The van der Waals surface area contributed by atoms with E-state index in [4.69, 9.17) is 16.3 Å². The average molecular weight is 415 g/mol. The van der Waals surface area contributed by atoms with Crippen molar-refractivity contribution in [2.75, 3.05) is 5.32 Å². The monoisotopic (exact) mass is 413 g/mol. The molecule has 0 aliphatic rings. The molecule has 7 heteroatoms. The minimum Gasteiger partial charge on any atom is -0.480 e. The number of hydrogen-bond acceptors (Lipinski definition) is 3. The molecule has 5 nitrogen and oxygen atoms in total. The normalized spacial score (nSPS) is 12.8. The Morgan fingerprint density at radius 1 is 1.38 bits per heavy atom. The lowest BCUT2D eigenvalue weighted by molar-refractivity contribution is -0.122. The van der Waals surface area contributed by atoms with Gasteiger partial charge in [-0.25, -0.2) is 4.68 Å². The molecule has 0 aliphatic carbocycles. The van der Waals surface area contributed by atoms with E-state index in [-0.39, 0.29) is 11.4 Å². The van der Waals surface area contributed by atoms with E-state index in [0.717, 1.165) is 5.69 Å². The average Bonchev–Trinajstić information content (AvgIpc) is 2.82. The number of hydrogen-bond donors (Lipinski definition) is 1. The maximum absolute atomic E-state index is 12.5. The van der Waals surface area contributed by atoms with Gasteiger partial charge in [-0.3, -0.25) is 4.79 Å².